The maximum Gasteiger partial charge on any atom is 0.234 e. The molecule has 1 heterocycles. The van der Waals surface area contributed by atoms with Crippen molar-refractivity contribution in [3.05, 3.63) is 30.1 Å². The summed E-state index contributed by atoms with van der Waals surface area (Å²) in [5.74, 6) is 0.0506. The van der Waals surface area contributed by atoms with Crippen LogP contribution in [0.15, 0.2) is 24.4 Å². The van der Waals surface area contributed by atoms with Crippen LogP contribution in [0, 0.1) is 0 Å². The maximum atomic E-state index is 11.6. The lowest BCUT2D eigenvalue weighted by molar-refractivity contribution is -0.121. The van der Waals surface area contributed by atoms with Gasteiger partial charge in [0.2, 0.25) is 5.91 Å². The number of rotatable bonds is 7. The van der Waals surface area contributed by atoms with E-state index in [9.17, 15) is 4.79 Å². The zero-order valence-corrected chi connectivity index (χ0v) is 10.6. The summed E-state index contributed by atoms with van der Waals surface area (Å²) in [5, 5.41) is 6.06. The highest BCUT2D eigenvalue weighted by Crippen LogP contribution is 1.95. The highest BCUT2D eigenvalue weighted by molar-refractivity contribution is 5.78. The average molecular weight is 235 g/mol. The Kier molecular flexibility index (Phi) is 6.25. The lowest BCUT2D eigenvalue weighted by atomic mass is 10.2. The van der Waals surface area contributed by atoms with E-state index >= 15 is 0 Å². The van der Waals surface area contributed by atoms with Gasteiger partial charge in [0.05, 0.1) is 12.2 Å². The summed E-state index contributed by atoms with van der Waals surface area (Å²) >= 11 is 0. The molecule has 0 aromatic carbocycles. The van der Waals surface area contributed by atoms with Crippen LogP contribution in [0.5, 0.6) is 0 Å². The Morgan fingerprint density at radius 1 is 1.35 bits per heavy atom. The molecule has 0 aliphatic carbocycles. The second-order valence-electron chi connectivity index (χ2n) is 4.01. The fraction of sp³-hybridized carbons (Fsp3) is 0.538. The van der Waals surface area contributed by atoms with Gasteiger partial charge in [-0.1, -0.05) is 19.9 Å². The van der Waals surface area contributed by atoms with Crippen molar-refractivity contribution in [1.29, 1.82) is 0 Å². The Balaban J connectivity index is 2.20. The van der Waals surface area contributed by atoms with Crippen molar-refractivity contribution in [2.45, 2.75) is 39.3 Å². The lowest BCUT2D eigenvalue weighted by Gasteiger charge is -2.14. The number of nitrogens with zero attached hydrogens (tertiary/aromatic N) is 1. The maximum absolute atomic E-state index is 11.6. The van der Waals surface area contributed by atoms with Gasteiger partial charge in [-0.3, -0.25) is 9.78 Å². The molecule has 0 spiro atoms. The van der Waals surface area contributed by atoms with Gasteiger partial charge in [0, 0.05) is 18.8 Å². The molecular formula is C13H21N3O. The van der Waals surface area contributed by atoms with Crippen molar-refractivity contribution in [2.24, 2.45) is 0 Å². The number of amides is 1. The SMILES string of the molecule is CCC(CC)NC(=O)CNCc1ccccn1. The highest BCUT2D eigenvalue weighted by atomic mass is 16.1. The van der Waals surface area contributed by atoms with Gasteiger partial charge in [-0.15, -0.1) is 0 Å². The molecule has 1 aromatic heterocycles. The monoisotopic (exact) mass is 235 g/mol. The first-order valence-electron chi connectivity index (χ1n) is 6.16. The van der Waals surface area contributed by atoms with Crippen LogP contribution in [0.1, 0.15) is 32.4 Å². The number of hydrogen-bond donors (Lipinski definition) is 2. The smallest absolute Gasteiger partial charge is 0.234 e. The van der Waals surface area contributed by atoms with Gasteiger partial charge >= 0.3 is 0 Å². The van der Waals surface area contributed by atoms with Crippen LogP contribution in [-0.4, -0.2) is 23.5 Å². The molecule has 0 saturated carbocycles. The number of carbonyl (C=O) groups excluding carboxylic acids is 1. The molecule has 1 aromatic rings. The van der Waals surface area contributed by atoms with E-state index in [2.05, 4.69) is 29.5 Å². The number of pyridine rings is 1. The van der Waals surface area contributed by atoms with E-state index in [0.29, 0.717) is 19.1 Å². The van der Waals surface area contributed by atoms with Crippen molar-refractivity contribution in [3.8, 4) is 0 Å². The van der Waals surface area contributed by atoms with Gasteiger partial charge in [-0.25, -0.2) is 0 Å². The van der Waals surface area contributed by atoms with Crippen LogP contribution in [0.3, 0.4) is 0 Å². The zero-order chi connectivity index (χ0) is 12.5. The normalized spacial score (nSPS) is 10.5. The van der Waals surface area contributed by atoms with Crippen molar-refractivity contribution >= 4 is 5.91 Å². The molecule has 1 rings (SSSR count). The van der Waals surface area contributed by atoms with Crippen LogP contribution in [0.25, 0.3) is 0 Å². The Morgan fingerprint density at radius 3 is 2.71 bits per heavy atom. The van der Waals surface area contributed by atoms with Gasteiger partial charge in [0.1, 0.15) is 0 Å². The predicted octanol–water partition coefficient (Wildman–Crippen LogP) is 1.48. The fourth-order valence-corrected chi connectivity index (χ4v) is 1.58. The van der Waals surface area contributed by atoms with E-state index in [1.807, 2.05) is 18.2 Å². The van der Waals surface area contributed by atoms with Crippen molar-refractivity contribution < 1.29 is 4.79 Å². The molecule has 0 fully saturated rings. The Labute approximate surface area is 103 Å². The third kappa shape index (κ3) is 5.45. The molecule has 0 aliphatic rings. The average Bonchev–Trinajstić information content (AvgIpc) is 2.37. The molecule has 0 radical (unpaired) electrons. The number of nitrogens with one attached hydrogen (secondary N) is 2. The van der Waals surface area contributed by atoms with E-state index in [4.69, 9.17) is 0 Å². The van der Waals surface area contributed by atoms with Crippen molar-refractivity contribution in [2.75, 3.05) is 6.54 Å². The number of carbonyl (C=O) groups is 1. The van der Waals surface area contributed by atoms with Crippen LogP contribution < -0.4 is 10.6 Å². The topological polar surface area (TPSA) is 54.0 Å². The van der Waals surface area contributed by atoms with E-state index in [-0.39, 0.29) is 5.91 Å². The predicted molar refractivity (Wildman–Crippen MR) is 68.5 cm³/mol. The molecule has 17 heavy (non-hydrogen) atoms. The molecule has 0 bridgehead atoms. The minimum absolute atomic E-state index is 0.0506. The van der Waals surface area contributed by atoms with Crippen LogP contribution in [0.4, 0.5) is 0 Å². The Hall–Kier alpha value is -1.42. The van der Waals surface area contributed by atoms with E-state index < -0.39 is 0 Å². The van der Waals surface area contributed by atoms with Crippen molar-refractivity contribution in [1.82, 2.24) is 15.6 Å². The summed E-state index contributed by atoms with van der Waals surface area (Å²) in [6, 6.07) is 6.04. The molecule has 94 valence electrons. The summed E-state index contributed by atoms with van der Waals surface area (Å²) in [7, 11) is 0. The molecule has 1 amide bonds. The van der Waals surface area contributed by atoms with Crippen molar-refractivity contribution in [3.63, 3.8) is 0 Å². The van der Waals surface area contributed by atoms with Crippen LogP contribution >= 0.6 is 0 Å². The molecule has 4 heteroatoms. The molecule has 0 atom stereocenters. The van der Waals surface area contributed by atoms with Gasteiger partial charge in [-0.05, 0) is 25.0 Å². The number of hydrogen-bond acceptors (Lipinski definition) is 3. The second-order valence-corrected chi connectivity index (χ2v) is 4.01. The van der Waals surface area contributed by atoms with Crippen LogP contribution in [0.2, 0.25) is 0 Å². The minimum atomic E-state index is 0.0506. The third-order valence-electron chi connectivity index (χ3n) is 2.67. The zero-order valence-electron chi connectivity index (χ0n) is 10.6. The minimum Gasteiger partial charge on any atom is -0.352 e. The van der Waals surface area contributed by atoms with E-state index in [1.165, 1.54) is 0 Å². The summed E-state index contributed by atoms with van der Waals surface area (Å²) in [6.45, 7) is 5.12. The standard InChI is InChI=1S/C13H21N3O/c1-3-11(4-2)16-13(17)10-14-9-12-7-5-6-8-15-12/h5-8,11,14H,3-4,9-10H2,1-2H3,(H,16,17). The first kappa shape index (κ1) is 13.6. The highest BCUT2D eigenvalue weighted by Gasteiger charge is 2.07. The molecule has 0 saturated heterocycles. The Morgan fingerprint density at radius 2 is 2.12 bits per heavy atom. The number of aromatic nitrogens is 1. The van der Waals surface area contributed by atoms with Gasteiger partial charge in [-0.2, -0.15) is 0 Å². The Bertz CT molecular complexity index is 323. The quantitative estimate of drug-likeness (QED) is 0.752. The van der Waals surface area contributed by atoms with Gasteiger partial charge in [0.25, 0.3) is 0 Å². The van der Waals surface area contributed by atoms with E-state index in [1.54, 1.807) is 6.20 Å². The molecule has 0 unspecified atom stereocenters. The molecule has 2 N–H and O–H groups in total. The van der Waals surface area contributed by atoms with Crippen LogP contribution in [-0.2, 0) is 11.3 Å². The first-order chi connectivity index (χ1) is 8.26. The lowest BCUT2D eigenvalue weighted by Crippen LogP contribution is -2.39. The molecular weight excluding hydrogens is 214 g/mol. The van der Waals surface area contributed by atoms with Gasteiger partial charge < -0.3 is 10.6 Å². The third-order valence-corrected chi connectivity index (χ3v) is 2.67. The largest absolute Gasteiger partial charge is 0.352 e. The summed E-state index contributed by atoms with van der Waals surface area (Å²) in [5.41, 5.74) is 0.947. The summed E-state index contributed by atoms with van der Waals surface area (Å²) < 4.78 is 0. The first-order valence-corrected chi connectivity index (χ1v) is 6.16. The van der Waals surface area contributed by atoms with Gasteiger partial charge in [0.15, 0.2) is 0 Å². The second kappa shape index (κ2) is 7.79. The summed E-state index contributed by atoms with van der Waals surface area (Å²) in [6.07, 6.45) is 3.70. The molecule has 4 nitrogen and oxygen atoms in total. The summed E-state index contributed by atoms with van der Waals surface area (Å²) in [4.78, 5) is 15.7. The molecule has 0 aliphatic heterocycles. The fourth-order valence-electron chi connectivity index (χ4n) is 1.58. The van der Waals surface area contributed by atoms with E-state index in [0.717, 1.165) is 18.5 Å².